The normalized spacial score (nSPS) is 10.8. The largest absolute Gasteiger partial charge is 0.365 e. The number of rotatable bonds is 5. The van der Waals surface area contributed by atoms with Crippen molar-refractivity contribution < 1.29 is 22.0 Å². The zero-order valence-corrected chi connectivity index (χ0v) is 9.74. The fourth-order valence-electron chi connectivity index (χ4n) is 1.63. The van der Waals surface area contributed by atoms with Crippen LogP contribution in [0.2, 0.25) is 0 Å². The van der Waals surface area contributed by atoms with Gasteiger partial charge in [-0.05, 0) is 6.42 Å². The van der Waals surface area contributed by atoms with Crippen molar-refractivity contribution in [3.05, 3.63) is 29.1 Å². The molecule has 0 bridgehead atoms. The van der Waals surface area contributed by atoms with Gasteiger partial charge in [0.05, 0.1) is 0 Å². The third kappa shape index (κ3) is 2.55. The third-order valence-corrected chi connectivity index (χ3v) is 2.40. The number of nitrogens with zero attached hydrogens (tertiary/aromatic N) is 1. The number of hydrogen-bond donors (Lipinski definition) is 1. The standard InChI is InChI=1S/C11H13F5N2/c1-2-4-18(5-3-17)11-9(15)7(13)6(12)8(14)10(11)16/h2-5,17H2,1H3. The lowest BCUT2D eigenvalue weighted by Crippen LogP contribution is -2.32. The van der Waals surface area contributed by atoms with Crippen molar-refractivity contribution in [1.29, 1.82) is 0 Å². The minimum absolute atomic E-state index is 0.00614. The van der Waals surface area contributed by atoms with Gasteiger partial charge < -0.3 is 10.6 Å². The second-order valence-corrected chi connectivity index (χ2v) is 3.69. The van der Waals surface area contributed by atoms with Crippen molar-refractivity contribution in [1.82, 2.24) is 0 Å². The van der Waals surface area contributed by atoms with Gasteiger partial charge in [0.25, 0.3) is 0 Å². The van der Waals surface area contributed by atoms with Gasteiger partial charge in [0, 0.05) is 19.6 Å². The highest BCUT2D eigenvalue weighted by atomic mass is 19.2. The van der Waals surface area contributed by atoms with Crippen molar-refractivity contribution in [3.63, 3.8) is 0 Å². The van der Waals surface area contributed by atoms with Crippen LogP contribution in [0.3, 0.4) is 0 Å². The monoisotopic (exact) mass is 268 g/mol. The molecule has 102 valence electrons. The predicted octanol–water partition coefficient (Wildman–Crippen LogP) is 2.56. The number of nitrogens with two attached hydrogens (primary N) is 1. The SMILES string of the molecule is CCCN(CCN)c1c(F)c(F)c(F)c(F)c1F. The van der Waals surface area contributed by atoms with E-state index in [2.05, 4.69) is 0 Å². The quantitative estimate of drug-likeness (QED) is 0.505. The summed E-state index contributed by atoms with van der Waals surface area (Å²) in [6, 6.07) is 0. The summed E-state index contributed by atoms with van der Waals surface area (Å²) >= 11 is 0. The van der Waals surface area contributed by atoms with Gasteiger partial charge in [-0.2, -0.15) is 0 Å². The van der Waals surface area contributed by atoms with E-state index in [-0.39, 0.29) is 19.6 Å². The van der Waals surface area contributed by atoms with E-state index in [9.17, 15) is 22.0 Å². The molecule has 0 saturated carbocycles. The first-order chi connectivity index (χ1) is 8.45. The summed E-state index contributed by atoms with van der Waals surface area (Å²) in [5, 5.41) is 0. The Balaban J connectivity index is 3.37. The molecule has 0 aliphatic heterocycles. The van der Waals surface area contributed by atoms with Gasteiger partial charge in [0.15, 0.2) is 23.3 Å². The Kier molecular flexibility index (Phi) is 4.89. The first-order valence-corrected chi connectivity index (χ1v) is 5.42. The average Bonchev–Trinajstić information content (AvgIpc) is 2.35. The molecule has 0 amide bonds. The number of benzene rings is 1. The van der Waals surface area contributed by atoms with Gasteiger partial charge in [-0.1, -0.05) is 6.92 Å². The van der Waals surface area contributed by atoms with E-state index in [1.165, 1.54) is 0 Å². The van der Waals surface area contributed by atoms with Crippen molar-refractivity contribution >= 4 is 5.69 Å². The van der Waals surface area contributed by atoms with E-state index in [1.807, 2.05) is 0 Å². The molecule has 1 rings (SSSR count). The maximum atomic E-state index is 13.5. The summed E-state index contributed by atoms with van der Waals surface area (Å²) in [6.07, 6.45) is 0.486. The van der Waals surface area contributed by atoms with Crippen LogP contribution < -0.4 is 10.6 Å². The van der Waals surface area contributed by atoms with Crippen molar-refractivity contribution in [2.24, 2.45) is 5.73 Å². The molecular formula is C11H13F5N2. The molecule has 0 aliphatic rings. The van der Waals surface area contributed by atoms with Crippen LogP contribution in [0, 0.1) is 29.1 Å². The molecule has 0 saturated heterocycles. The van der Waals surface area contributed by atoms with E-state index in [1.54, 1.807) is 6.92 Å². The van der Waals surface area contributed by atoms with E-state index < -0.39 is 34.8 Å². The number of anilines is 1. The lowest BCUT2D eigenvalue weighted by Gasteiger charge is -2.24. The first kappa shape index (κ1) is 14.7. The lowest BCUT2D eigenvalue weighted by atomic mass is 10.2. The summed E-state index contributed by atoms with van der Waals surface area (Å²) in [7, 11) is 0. The number of hydrogen-bond acceptors (Lipinski definition) is 2. The highest BCUT2D eigenvalue weighted by Gasteiger charge is 2.28. The fourth-order valence-corrected chi connectivity index (χ4v) is 1.63. The van der Waals surface area contributed by atoms with Crippen LogP contribution in [0.1, 0.15) is 13.3 Å². The molecule has 7 heteroatoms. The topological polar surface area (TPSA) is 29.3 Å². The highest BCUT2D eigenvalue weighted by molar-refractivity contribution is 5.50. The second kappa shape index (κ2) is 5.99. The molecule has 0 heterocycles. The lowest BCUT2D eigenvalue weighted by molar-refractivity contribution is 0.378. The summed E-state index contributed by atoms with van der Waals surface area (Å²) in [5.41, 5.74) is 4.34. The molecule has 0 unspecified atom stereocenters. The molecule has 0 radical (unpaired) electrons. The predicted molar refractivity (Wildman–Crippen MR) is 57.8 cm³/mol. The van der Waals surface area contributed by atoms with Crippen LogP contribution in [-0.4, -0.2) is 19.6 Å². The fraction of sp³-hybridized carbons (Fsp3) is 0.455. The van der Waals surface area contributed by atoms with Crippen LogP contribution in [0.15, 0.2) is 0 Å². The van der Waals surface area contributed by atoms with Gasteiger partial charge in [0.2, 0.25) is 5.82 Å². The molecule has 0 atom stereocenters. The molecule has 18 heavy (non-hydrogen) atoms. The smallest absolute Gasteiger partial charge is 0.200 e. The molecule has 0 fully saturated rings. The zero-order chi connectivity index (χ0) is 13.9. The summed E-state index contributed by atoms with van der Waals surface area (Å²) in [4.78, 5) is 1.05. The maximum Gasteiger partial charge on any atom is 0.200 e. The Hall–Kier alpha value is -1.37. The molecule has 2 nitrogen and oxygen atoms in total. The molecule has 0 spiro atoms. The Morgan fingerprint density at radius 2 is 1.28 bits per heavy atom. The van der Waals surface area contributed by atoms with Crippen LogP contribution in [-0.2, 0) is 0 Å². The van der Waals surface area contributed by atoms with E-state index in [4.69, 9.17) is 5.73 Å². The Morgan fingerprint density at radius 3 is 1.67 bits per heavy atom. The van der Waals surface area contributed by atoms with Crippen LogP contribution in [0.5, 0.6) is 0 Å². The minimum Gasteiger partial charge on any atom is -0.365 e. The molecule has 1 aromatic carbocycles. The van der Waals surface area contributed by atoms with Crippen molar-refractivity contribution in [2.75, 3.05) is 24.5 Å². The molecule has 1 aromatic rings. The minimum atomic E-state index is -2.15. The second-order valence-electron chi connectivity index (χ2n) is 3.69. The summed E-state index contributed by atoms with van der Waals surface area (Å²) in [6.45, 7) is 1.91. The van der Waals surface area contributed by atoms with Crippen LogP contribution in [0.4, 0.5) is 27.6 Å². The van der Waals surface area contributed by atoms with Gasteiger partial charge >= 0.3 is 0 Å². The van der Waals surface area contributed by atoms with E-state index >= 15 is 0 Å². The highest BCUT2D eigenvalue weighted by Crippen LogP contribution is 2.30. The van der Waals surface area contributed by atoms with Gasteiger partial charge in [-0.15, -0.1) is 0 Å². The Bertz CT molecular complexity index is 401. The maximum absolute atomic E-state index is 13.5. The van der Waals surface area contributed by atoms with E-state index in [0.29, 0.717) is 6.42 Å². The Labute approximate surface area is 101 Å². The molecule has 0 aliphatic carbocycles. The van der Waals surface area contributed by atoms with Gasteiger partial charge in [-0.3, -0.25) is 0 Å². The number of halogens is 5. The first-order valence-electron chi connectivity index (χ1n) is 5.42. The molecule has 0 aromatic heterocycles. The van der Waals surface area contributed by atoms with Crippen molar-refractivity contribution in [2.45, 2.75) is 13.3 Å². The van der Waals surface area contributed by atoms with E-state index in [0.717, 1.165) is 4.90 Å². The van der Waals surface area contributed by atoms with Gasteiger partial charge in [-0.25, -0.2) is 22.0 Å². The third-order valence-electron chi connectivity index (χ3n) is 2.40. The Morgan fingerprint density at radius 1 is 0.833 bits per heavy atom. The summed E-state index contributed by atoms with van der Waals surface area (Å²) < 4.78 is 65.9. The molecular weight excluding hydrogens is 255 g/mol. The van der Waals surface area contributed by atoms with Crippen molar-refractivity contribution in [3.8, 4) is 0 Å². The van der Waals surface area contributed by atoms with Crippen LogP contribution in [0.25, 0.3) is 0 Å². The molecule has 2 N–H and O–H groups in total. The van der Waals surface area contributed by atoms with Crippen LogP contribution >= 0.6 is 0 Å². The average molecular weight is 268 g/mol. The van der Waals surface area contributed by atoms with Gasteiger partial charge in [0.1, 0.15) is 5.69 Å². The summed E-state index contributed by atoms with van der Waals surface area (Å²) in [5.74, 6) is -9.69. The zero-order valence-electron chi connectivity index (χ0n) is 9.74.